The van der Waals surface area contributed by atoms with Crippen molar-refractivity contribution in [1.29, 1.82) is 5.26 Å². The minimum absolute atomic E-state index is 0.213. The average Bonchev–Trinajstić information content (AvgIpc) is 2.79. The van der Waals surface area contributed by atoms with Gasteiger partial charge in [-0.2, -0.15) is 5.26 Å². The summed E-state index contributed by atoms with van der Waals surface area (Å²) in [5.41, 5.74) is 6.68. The summed E-state index contributed by atoms with van der Waals surface area (Å²) in [4.78, 5) is 12.0. The maximum Gasteiger partial charge on any atom is 0.257 e. The Hall–Kier alpha value is -2.03. The van der Waals surface area contributed by atoms with Crippen LogP contribution < -0.4 is 11.1 Å². The molecule has 1 heterocycles. The summed E-state index contributed by atoms with van der Waals surface area (Å²) in [5, 5.41) is 13.9. The lowest BCUT2D eigenvalue weighted by Crippen LogP contribution is -2.12. The molecular formula is C12H8ClN3OS. The van der Waals surface area contributed by atoms with Crippen LogP contribution in [0.15, 0.2) is 29.6 Å². The van der Waals surface area contributed by atoms with Gasteiger partial charge in [0.1, 0.15) is 11.1 Å². The SMILES string of the molecule is N#Cc1ccsc1NC(=O)c1cccc(N)c1Cl. The first-order valence-corrected chi connectivity index (χ1v) is 6.22. The predicted molar refractivity (Wildman–Crippen MR) is 72.9 cm³/mol. The van der Waals surface area contributed by atoms with Crippen molar-refractivity contribution in [1.82, 2.24) is 0 Å². The van der Waals surface area contributed by atoms with E-state index in [9.17, 15) is 4.79 Å². The van der Waals surface area contributed by atoms with E-state index in [1.54, 1.807) is 29.6 Å². The van der Waals surface area contributed by atoms with Crippen LogP contribution in [0.1, 0.15) is 15.9 Å². The average molecular weight is 278 g/mol. The summed E-state index contributed by atoms with van der Waals surface area (Å²) in [7, 11) is 0. The normalized spacial score (nSPS) is 9.78. The number of benzene rings is 1. The molecule has 4 nitrogen and oxygen atoms in total. The topological polar surface area (TPSA) is 78.9 Å². The molecule has 2 rings (SSSR count). The number of nitriles is 1. The van der Waals surface area contributed by atoms with E-state index < -0.39 is 0 Å². The highest BCUT2D eigenvalue weighted by Gasteiger charge is 2.14. The van der Waals surface area contributed by atoms with Gasteiger partial charge in [0.2, 0.25) is 0 Å². The summed E-state index contributed by atoms with van der Waals surface area (Å²) < 4.78 is 0. The lowest BCUT2D eigenvalue weighted by molar-refractivity contribution is 0.102. The summed E-state index contributed by atoms with van der Waals surface area (Å²) in [5.74, 6) is -0.383. The molecule has 0 saturated heterocycles. The van der Waals surface area contributed by atoms with E-state index in [4.69, 9.17) is 22.6 Å². The van der Waals surface area contributed by atoms with Crippen molar-refractivity contribution in [2.24, 2.45) is 0 Å². The van der Waals surface area contributed by atoms with Crippen molar-refractivity contribution in [3.05, 3.63) is 45.8 Å². The Morgan fingerprint density at radius 2 is 2.22 bits per heavy atom. The maximum absolute atomic E-state index is 12.0. The zero-order valence-corrected chi connectivity index (χ0v) is 10.7. The van der Waals surface area contributed by atoms with E-state index in [-0.39, 0.29) is 16.5 Å². The highest BCUT2D eigenvalue weighted by atomic mass is 35.5. The number of anilines is 2. The fourth-order valence-electron chi connectivity index (χ4n) is 1.39. The van der Waals surface area contributed by atoms with Crippen LogP contribution in [0.2, 0.25) is 5.02 Å². The van der Waals surface area contributed by atoms with Crippen molar-refractivity contribution >= 4 is 39.5 Å². The molecule has 0 spiro atoms. The molecule has 3 N–H and O–H groups in total. The Morgan fingerprint density at radius 1 is 1.44 bits per heavy atom. The molecule has 1 aromatic heterocycles. The molecule has 0 aliphatic heterocycles. The van der Waals surface area contributed by atoms with Gasteiger partial charge in [-0.1, -0.05) is 17.7 Å². The van der Waals surface area contributed by atoms with E-state index in [2.05, 4.69) is 5.32 Å². The molecule has 2 aromatic rings. The summed E-state index contributed by atoms with van der Waals surface area (Å²) in [6, 6.07) is 8.48. The largest absolute Gasteiger partial charge is 0.398 e. The molecule has 0 atom stereocenters. The van der Waals surface area contributed by atoms with E-state index >= 15 is 0 Å². The third-order valence-corrected chi connectivity index (χ3v) is 3.54. The molecular weight excluding hydrogens is 270 g/mol. The molecule has 0 fully saturated rings. The van der Waals surface area contributed by atoms with Gasteiger partial charge in [-0.25, -0.2) is 0 Å². The Bertz CT molecular complexity index is 645. The number of halogens is 1. The minimum Gasteiger partial charge on any atom is -0.398 e. The van der Waals surface area contributed by atoms with Gasteiger partial charge in [0.15, 0.2) is 0 Å². The number of amides is 1. The van der Waals surface area contributed by atoms with Crippen molar-refractivity contribution in [3.8, 4) is 6.07 Å². The number of nitrogens with one attached hydrogen (secondary N) is 1. The first-order valence-electron chi connectivity index (χ1n) is 4.96. The Kier molecular flexibility index (Phi) is 3.51. The number of hydrogen-bond acceptors (Lipinski definition) is 4. The standard InChI is InChI=1S/C12H8ClN3OS/c13-10-8(2-1-3-9(10)15)11(17)16-12-7(6-14)4-5-18-12/h1-5H,15H2,(H,16,17). The van der Waals surface area contributed by atoms with Gasteiger partial charge in [-0.05, 0) is 23.6 Å². The zero-order valence-electron chi connectivity index (χ0n) is 9.11. The summed E-state index contributed by atoms with van der Waals surface area (Å²) in [6.45, 7) is 0. The fraction of sp³-hybridized carbons (Fsp3) is 0. The molecule has 0 aliphatic carbocycles. The van der Waals surface area contributed by atoms with Crippen LogP contribution in [-0.2, 0) is 0 Å². The molecule has 90 valence electrons. The van der Waals surface area contributed by atoms with Crippen LogP contribution in [0.4, 0.5) is 10.7 Å². The molecule has 1 amide bonds. The molecule has 0 bridgehead atoms. The molecule has 6 heteroatoms. The predicted octanol–water partition coefficient (Wildman–Crippen LogP) is 3.11. The molecule has 0 unspecified atom stereocenters. The van der Waals surface area contributed by atoms with E-state index in [1.807, 2.05) is 6.07 Å². The number of nitrogens with zero attached hydrogens (tertiary/aromatic N) is 1. The van der Waals surface area contributed by atoms with Crippen LogP contribution in [0.5, 0.6) is 0 Å². The first-order chi connectivity index (χ1) is 8.63. The third-order valence-electron chi connectivity index (χ3n) is 2.29. The number of carbonyl (C=O) groups is 1. The smallest absolute Gasteiger partial charge is 0.257 e. The third kappa shape index (κ3) is 2.30. The second-order valence-corrected chi connectivity index (χ2v) is 4.73. The van der Waals surface area contributed by atoms with Crippen LogP contribution >= 0.6 is 22.9 Å². The molecule has 18 heavy (non-hydrogen) atoms. The highest BCUT2D eigenvalue weighted by molar-refractivity contribution is 7.14. The Labute approximate surface area is 113 Å². The molecule has 1 aromatic carbocycles. The van der Waals surface area contributed by atoms with Crippen LogP contribution in [0, 0.1) is 11.3 Å². The number of nitrogens with two attached hydrogens (primary N) is 1. The summed E-state index contributed by atoms with van der Waals surface area (Å²) in [6.07, 6.45) is 0. The zero-order chi connectivity index (χ0) is 13.1. The van der Waals surface area contributed by atoms with Gasteiger partial charge in [-0.3, -0.25) is 4.79 Å². The quantitative estimate of drug-likeness (QED) is 0.828. The van der Waals surface area contributed by atoms with Gasteiger partial charge >= 0.3 is 0 Å². The van der Waals surface area contributed by atoms with E-state index in [0.717, 1.165) is 0 Å². The van der Waals surface area contributed by atoms with Crippen LogP contribution in [0.3, 0.4) is 0 Å². The second-order valence-electron chi connectivity index (χ2n) is 3.44. The maximum atomic E-state index is 12.0. The molecule has 0 saturated carbocycles. The van der Waals surface area contributed by atoms with Gasteiger partial charge < -0.3 is 11.1 Å². The second kappa shape index (κ2) is 5.08. The van der Waals surface area contributed by atoms with E-state index in [0.29, 0.717) is 16.3 Å². The number of carbonyl (C=O) groups excluding carboxylic acids is 1. The summed E-state index contributed by atoms with van der Waals surface area (Å²) >= 11 is 7.23. The number of thiophene rings is 1. The van der Waals surface area contributed by atoms with Gasteiger partial charge in [0.25, 0.3) is 5.91 Å². The number of nitrogen functional groups attached to an aromatic ring is 1. The van der Waals surface area contributed by atoms with Crippen molar-refractivity contribution in [3.63, 3.8) is 0 Å². The van der Waals surface area contributed by atoms with E-state index in [1.165, 1.54) is 11.3 Å². The first kappa shape index (κ1) is 12.4. The van der Waals surface area contributed by atoms with Crippen LogP contribution in [0.25, 0.3) is 0 Å². The molecule has 0 radical (unpaired) electrons. The van der Waals surface area contributed by atoms with Crippen molar-refractivity contribution in [2.45, 2.75) is 0 Å². The highest BCUT2D eigenvalue weighted by Crippen LogP contribution is 2.26. The minimum atomic E-state index is -0.383. The van der Waals surface area contributed by atoms with Crippen molar-refractivity contribution in [2.75, 3.05) is 11.1 Å². The Balaban J connectivity index is 2.29. The van der Waals surface area contributed by atoms with Crippen molar-refractivity contribution < 1.29 is 4.79 Å². The lowest BCUT2D eigenvalue weighted by Gasteiger charge is -2.06. The lowest BCUT2D eigenvalue weighted by atomic mass is 10.2. The number of hydrogen-bond donors (Lipinski definition) is 2. The number of rotatable bonds is 2. The molecule has 0 aliphatic rings. The fourth-order valence-corrected chi connectivity index (χ4v) is 2.33. The van der Waals surface area contributed by atoms with Crippen LogP contribution in [-0.4, -0.2) is 5.91 Å². The Morgan fingerprint density at radius 3 is 2.94 bits per heavy atom. The monoisotopic (exact) mass is 277 g/mol. The van der Waals surface area contributed by atoms with Gasteiger partial charge in [0.05, 0.1) is 21.8 Å². The van der Waals surface area contributed by atoms with Gasteiger partial charge in [-0.15, -0.1) is 11.3 Å². The van der Waals surface area contributed by atoms with Gasteiger partial charge in [0, 0.05) is 0 Å².